The second kappa shape index (κ2) is 10.5. The third-order valence-electron chi connectivity index (χ3n) is 10.4. The van der Waals surface area contributed by atoms with E-state index >= 15 is 4.39 Å². The number of nitrogens with one attached hydrogen (secondary N) is 1. The molecule has 13 heteroatoms. The number of nitrogens with zero attached hydrogens (tertiary/aromatic N) is 8. The number of aromatic hydroxyl groups is 1. The average Bonchev–Trinajstić information content (AvgIpc) is 3.84. The summed E-state index contributed by atoms with van der Waals surface area (Å²) in [5.74, 6) is -0.0561. The van der Waals surface area contributed by atoms with Gasteiger partial charge in [-0.2, -0.15) is 15.1 Å². The van der Waals surface area contributed by atoms with Crippen molar-refractivity contribution < 1.29 is 18.6 Å². The lowest BCUT2D eigenvalue weighted by Gasteiger charge is -2.35. The number of anilines is 1. The van der Waals surface area contributed by atoms with E-state index in [0.717, 1.165) is 36.6 Å². The Morgan fingerprint density at radius 3 is 2.91 bits per heavy atom. The second-order valence-corrected chi connectivity index (χ2v) is 13.1. The lowest BCUT2D eigenvalue weighted by Crippen LogP contribution is -2.52. The summed E-state index contributed by atoms with van der Waals surface area (Å²) in [6, 6.07) is 11.1. The molecule has 2 bridgehead atoms. The monoisotopic (exact) mass is 625 g/mol. The Labute approximate surface area is 263 Å². The van der Waals surface area contributed by atoms with E-state index in [1.807, 2.05) is 28.9 Å². The summed E-state index contributed by atoms with van der Waals surface area (Å²) >= 11 is 0. The molecular weight excluding hydrogens is 592 g/mol. The van der Waals surface area contributed by atoms with Gasteiger partial charge < -0.3 is 20.1 Å². The molecule has 7 heterocycles. The van der Waals surface area contributed by atoms with E-state index in [1.54, 1.807) is 24.9 Å². The molecule has 0 aliphatic carbocycles. The standard InChI is InChI=1S/C33H33F2N9O2/c34-20-11-33(6-3-7-43(33)13-20)16-46-32-40-30-25(12-37-29(28(30)35)24-10-22(45)8-19-4-1-2-5-23(19)24)31(41-32)42-14-21-9-27(26(15-42)39-21)44-18-36-17-38-44/h1-2,4-5,8,10,12,17-18,20-21,26-27,39,45H,3,6-7,9,11,13-16H2/t20-,21?,26?,27?,33+/m1/s1. The van der Waals surface area contributed by atoms with E-state index in [1.165, 1.54) is 6.07 Å². The van der Waals surface area contributed by atoms with Gasteiger partial charge in [0, 0.05) is 49.9 Å². The molecule has 11 nitrogen and oxygen atoms in total. The van der Waals surface area contributed by atoms with E-state index in [9.17, 15) is 9.50 Å². The molecule has 2 aromatic carbocycles. The number of benzene rings is 2. The largest absolute Gasteiger partial charge is 0.508 e. The number of phenolic OH excluding ortho intramolecular Hbond substituents is 1. The third-order valence-corrected chi connectivity index (χ3v) is 10.4. The number of hydrogen-bond donors (Lipinski definition) is 2. The average molecular weight is 626 g/mol. The number of pyridine rings is 1. The van der Waals surface area contributed by atoms with Crippen LogP contribution in [0, 0.1) is 5.82 Å². The van der Waals surface area contributed by atoms with Crippen LogP contribution in [0.25, 0.3) is 32.9 Å². The maximum Gasteiger partial charge on any atom is 0.319 e. The van der Waals surface area contributed by atoms with Gasteiger partial charge in [0.1, 0.15) is 48.2 Å². The predicted octanol–water partition coefficient (Wildman–Crippen LogP) is 4.03. The maximum absolute atomic E-state index is 16.8. The van der Waals surface area contributed by atoms with Crippen LogP contribution < -0.4 is 15.0 Å². The van der Waals surface area contributed by atoms with Crippen LogP contribution in [0.15, 0.2) is 55.2 Å². The second-order valence-electron chi connectivity index (χ2n) is 13.1. The normalized spacial score (nSPS) is 27.6. The molecule has 9 rings (SSSR count). The van der Waals surface area contributed by atoms with Gasteiger partial charge in [0.25, 0.3) is 0 Å². The molecule has 5 atom stereocenters. The van der Waals surface area contributed by atoms with Crippen molar-refractivity contribution in [2.75, 3.05) is 37.7 Å². The van der Waals surface area contributed by atoms with E-state index < -0.39 is 17.5 Å². The zero-order valence-electron chi connectivity index (χ0n) is 25.1. The van der Waals surface area contributed by atoms with Crippen molar-refractivity contribution in [3.05, 3.63) is 61.1 Å². The molecule has 0 saturated carbocycles. The van der Waals surface area contributed by atoms with Gasteiger partial charge in [0.15, 0.2) is 5.82 Å². The summed E-state index contributed by atoms with van der Waals surface area (Å²) in [6.07, 6.45) is 7.12. The van der Waals surface area contributed by atoms with Gasteiger partial charge in [0.2, 0.25) is 0 Å². The number of fused-ring (bicyclic) bond motifs is 5. The number of piperazine rings is 1. The lowest BCUT2D eigenvalue weighted by atomic mass is 9.95. The predicted molar refractivity (Wildman–Crippen MR) is 167 cm³/mol. The summed E-state index contributed by atoms with van der Waals surface area (Å²) in [5.41, 5.74) is 0.235. The van der Waals surface area contributed by atoms with Crippen molar-refractivity contribution in [1.29, 1.82) is 0 Å². The molecule has 4 fully saturated rings. The van der Waals surface area contributed by atoms with Gasteiger partial charge in [-0.3, -0.25) is 9.88 Å². The molecule has 3 aromatic heterocycles. The fourth-order valence-electron chi connectivity index (χ4n) is 8.32. The Morgan fingerprint density at radius 2 is 2.02 bits per heavy atom. The van der Waals surface area contributed by atoms with Crippen LogP contribution in [0.4, 0.5) is 14.6 Å². The van der Waals surface area contributed by atoms with Crippen LogP contribution in [0.5, 0.6) is 11.8 Å². The molecule has 0 amide bonds. The quantitative estimate of drug-likeness (QED) is 0.287. The lowest BCUT2D eigenvalue weighted by molar-refractivity contribution is 0.107. The van der Waals surface area contributed by atoms with Crippen molar-refractivity contribution in [2.24, 2.45) is 0 Å². The van der Waals surface area contributed by atoms with Gasteiger partial charge in [-0.25, -0.2) is 18.4 Å². The van der Waals surface area contributed by atoms with Gasteiger partial charge in [-0.1, -0.05) is 24.3 Å². The van der Waals surface area contributed by atoms with Crippen molar-refractivity contribution in [1.82, 2.24) is 39.9 Å². The van der Waals surface area contributed by atoms with Crippen LogP contribution in [0.1, 0.15) is 31.7 Å². The first-order chi connectivity index (χ1) is 22.4. The first-order valence-electron chi connectivity index (χ1n) is 15.9. The molecule has 4 aliphatic heterocycles. The topological polar surface area (TPSA) is 117 Å². The number of rotatable bonds is 6. The van der Waals surface area contributed by atoms with Crippen molar-refractivity contribution in [3.8, 4) is 23.0 Å². The van der Waals surface area contributed by atoms with Crippen LogP contribution >= 0.6 is 0 Å². The SMILES string of the molecule is Oc1cc(-c2ncc3c(N4CC5CC(n6cncn6)C(C4)N5)nc(OC[C@@]45CCCN4C[C@H](F)C5)nc3c2F)c2ccccc2c1. The number of ether oxygens (including phenoxy) is 1. The van der Waals surface area contributed by atoms with E-state index in [0.29, 0.717) is 42.8 Å². The maximum atomic E-state index is 16.8. The molecular formula is C33H33F2N9O2. The molecule has 0 radical (unpaired) electrons. The highest BCUT2D eigenvalue weighted by atomic mass is 19.1. The number of hydrogen-bond acceptors (Lipinski definition) is 10. The van der Waals surface area contributed by atoms with Crippen LogP contribution in [-0.2, 0) is 0 Å². The number of aromatic nitrogens is 6. The minimum atomic E-state index is -0.894. The summed E-state index contributed by atoms with van der Waals surface area (Å²) in [5, 5.41) is 20.6. The Balaban J connectivity index is 1.14. The summed E-state index contributed by atoms with van der Waals surface area (Å²) < 4.78 is 39.5. The molecule has 4 saturated heterocycles. The van der Waals surface area contributed by atoms with Gasteiger partial charge in [-0.05, 0) is 48.7 Å². The van der Waals surface area contributed by atoms with Crippen LogP contribution in [0.2, 0.25) is 0 Å². The highest BCUT2D eigenvalue weighted by Gasteiger charge is 2.49. The van der Waals surface area contributed by atoms with Gasteiger partial charge in [-0.15, -0.1) is 0 Å². The van der Waals surface area contributed by atoms with Crippen LogP contribution in [0.3, 0.4) is 0 Å². The Kier molecular flexibility index (Phi) is 6.36. The minimum Gasteiger partial charge on any atom is -0.508 e. The fourth-order valence-corrected chi connectivity index (χ4v) is 8.32. The Bertz CT molecular complexity index is 1960. The van der Waals surface area contributed by atoms with E-state index in [2.05, 4.69) is 35.2 Å². The molecule has 0 spiro atoms. The van der Waals surface area contributed by atoms with E-state index in [4.69, 9.17) is 9.72 Å². The molecule has 4 aliphatic rings. The Hall–Kier alpha value is -4.49. The smallest absolute Gasteiger partial charge is 0.319 e. The zero-order chi connectivity index (χ0) is 31.0. The highest BCUT2D eigenvalue weighted by Crippen LogP contribution is 2.42. The molecule has 2 N–H and O–H groups in total. The van der Waals surface area contributed by atoms with Gasteiger partial charge >= 0.3 is 6.01 Å². The first kappa shape index (κ1) is 27.8. The number of alkyl halides is 1. The van der Waals surface area contributed by atoms with E-state index in [-0.39, 0.29) is 47.7 Å². The van der Waals surface area contributed by atoms with Crippen molar-refractivity contribution in [3.63, 3.8) is 0 Å². The van der Waals surface area contributed by atoms with Crippen LogP contribution in [-0.4, -0.2) is 96.3 Å². The zero-order valence-corrected chi connectivity index (χ0v) is 25.1. The highest BCUT2D eigenvalue weighted by molar-refractivity contribution is 5.99. The third kappa shape index (κ3) is 4.47. The van der Waals surface area contributed by atoms with Crippen molar-refractivity contribution >= 4 is 27.5 Å². The summed E-state index contributed by atoms with van der Waals surface area (Å²) in [4.78, 5) is 22.6. The van der Waals surface area contributed by atoms with Crippen molar-refractivity contribution in [2.45, 2.75) is 55.5 Å². The number of halogens is 2. The Morgan fingerprint density at radius 1 is 1.11 bits per heavy atom. The number of phenols is 1. The van der Waals surface area contributed by atoms with Gasteiger partial charge in [0.05, 0.1) is 17.0 Å². The fraction of sp³-hybridized carbons (Fsp3) is 0.424. The molecule has 46 heavy (non-hydrogen) atoms. The minimum absolute atomic E-state index is 0.0173. The molecule has 236 valence electrons. The summed E-state index contributed by atoms with van der Waals surface area (Å²) in [6.45, 7) is 2.73. The molecule has 3 unspecified atom stereocenters. The first-order valence-corrected chi connectivity index (χ1v) is 15.9. The molecule has 5 aromatic rings. The summed E-state index contributed by atoms with van der Waals surface area (Å²) in [7, 11) is 0.